The number of hydrogen-bond donors (Lipinski definition) is 1. The SMILES string of the molecule is COc1cc(Br)cc(Nc2ccc(C)cc2C#N)c1. The second-order valence-electron chi connectivity index (χ2n) is 4.17. The minimum absolute atomic E-state index is 0.624. The molecule has 0 radical (unpaired) electrons. The Morgan fingerprint density at radius 2 is 2.00 bits per heavy atom. The van der Waals surface area contributed by atoms with Crippen LogP contribution in [0.4, 0.5) is 11.4 Å². The molecular weight excluding hydrogens is 304 g/mol. The lowest BCUT2D eigenvalue weighted by Gasteiger charge is -2.11. The van der Waals surface area contributed by atoms with Gasteiger partial charge in [0.1, 0.15) is 11.8 Å². The number of nitrogens with zero attached hydrogens (tertiary/aromatic N) is 1. The van der Waals surface area contributed by atoms with Crippen molar-refractivity contribution in [1.82, 2.24) is 0 Å². The summed E-state index contributed by atoms with van der Waals surface area (Å²) in [6.07, 6.45) is 0. The molecule has 0 spiro atoms. The fourth-order valence-electron chi connectivity index (χ4n) is 1.77. The van der Waals surface area contributed by atoms with E-state index in [0.717, 1.165) is 27.2 Å². The summed E-state index contributed by atoms with van der Waals surface area (Å²) in [6, 6.07) is 13.6. The Morgan fingerprint density at radius 1 is 1.21 bits per heavy atom. The minimum atomic E-state index is 0.624. The molecule has 0 bridgehead atoms. The van der Waals surface area contributed by atoms with Gasteiger partial charge in [0, 0.05) is 16.2 Å². The van der Waals surface area contributed by atoms with Gasteiger partial charge in [0.05, 0.1) is 18.4 Å². The summed E-state index contributed by atoms with van der Waals surface area (Å²) in [5.41, 5.74) is 3.34. The predicted molar refractivity (Wildman–Crippen MR) is 79.9 cm³/mol. The molecule has 2 rings (SSSR count). The smallest absolute Gasteiger partial charge is 0.122 e. The number of benzene rings is 2. The molecule has 0 saturated heterocycles. The first-order valence-electron chi connectivity index (χ1n) is 5.75. The molecule has 4 heteroatoms. The normalized spacial score (nSPS) is 9.79. The van der Waals surface area contributed by atoms with E-state index in [1.165, 1.54) is 0 Å². The first kappa shape index (κ1) is 13.4. The molecule has 0 aliphatic rings. The Morgan fingerprint density at radius 3 is 2.68 bits per heavy atom. The van der Waals surface area contributed by atoms with Gasteiger partial charge in [-0.2, -0.15) is 5.26 Å². The molecule has 1 N–H and O–H groups in total. The minimum Gasteiger partial charge on any atom is -0.497 e. The van der Waals surface area contributed by atoms with Crippen LogP contribution in [-0.2, 0) is 0 Å². The molecule has 0 atom stereocenters. The van der Waals surface area contributed by atoms with Gasteiger partial charge in [-0.05, 0) is 36.8 Å². The molecule has 3 nitrogen and oxygen atoms in total. The number of rotatable bonds is 3. The summed E-state index contributed by atoms with van der Waals surface area (Å²) in [5.74, 6) is 0.752. The van der Waals surface area contributed by atoms with Crippen LogP contribution >= 0.6 is 15.9 Å². The highest BCUT2D eigenvalue weighted by atomic mass is 79.9. The molecule has 96 valence electrons. The summed E-state index contributed by atoms with van der Waals surface area (Å²) < 4.78 is 6.13. The van der Waals surface area contributed by atoms with Crippen molar-refractivity contribution in [3.8, 4) is 11.8 Å². The van der Waals surface area contributed by atoms with Crippen LogP contribution in [-0.4, -0.2) is 7.11 Å². The lowest BCUT2D eigenvalue weighted by molar-refractivity contribution is 0.415. The Labute approximate surface area is 121 Å². The number of aryl methyl sites for hydroxylation is 1. The quantitative estimate of drug-likeness (QED) is 0.913. The van der Waals surface area contributed by atoms with E-state index in [2.05, 4.69) is 27.3 Å². The monoisotopic (exact) mass is 316 g/mol. The van der Waals surface area contributed by atoms with E-state index < -0.39 is 0 Å². The van der Waals surface area contributed by atoms with Crippen molar-refractivity contribution < 1.29 is 4.74 Å². The van der Waals surface area contributed by atoms with Crippen molar-refractivity contribution in [2.75, 3.05) is 12.4 Å². The van der Waals surface area contributed by atoms with Crippen molar-refractivity contribution in [3.05, 3.63) is 52.0 Å². The second kappa shape index (κ2) is 5.77. The van der Waals surface area contributed by atoms with Crippen LogP contribution in [0.3, 0.4) is 0 Å². The zero-order valence-electron chi connectivity index (χ0n) is 10.7. The number of halogens is 1. The highest BCUT2D eigenvalue weighted by molar-refractivity contribution is 9.10. The van der Waals surface area contributed by atoms with E-state index in [4.69, 9.17) is 10.00 Å². The molecule has 0 aliphatic carbocycles. The zero-order valence-corrected chi connectivity index (χ0v) is 12.3. The third-order valence-corrected chi connectivity index (χ3v) is 3.14. The van der Waals surface area contributed by atoms with Gasteiger partial charge >= 0.3 is 0 Å². The van der Waals surface area contributed by atoms with Crippen LogP contribution in [0.1, 0.15) is 11.1 Å². The fraction of sp³-hybridized carbons (Fsp3) is 0.133. The number of ether oxygens (including phenoxy) is 1. The second-order valence-corrected chi connectivity index (χ2v) is 5.08. The lowest BCUT2D eigenvalue weighted by Crippen LogP contribution is -1.95. The van der Waals surface area contributed by atoms with Crippen molar-refractivity contribution in [3.63, 3.8) is 0 Å². The van der Waals surface area contributed by atoms with Crippen molar-refractivity contribution in [2.45, 2.75) is 6.92 Å². The summed E-state index contributed by atoms with van der Waals surface area (Å²) >= 11 is 3.43. The molecule has 0 saturated carbocycles. The molecule has 0 aliphatic heterocycles. The van der Waals surface area contributed by atoms with E-state index in [1.54, 1.807) is 7.11 Å². The Bertz CT molecular complexity index is 647. The number of nitriles is 1. The largest absolute Gasteiger partial charge is 0.497 e. The molecule has 19 heavy (non-hydrogen) atoms. The highest BCUT2D eigenvalue weighted by Crippen LogP contribution is 2.28. The average Bonchev–Trinajstić information content (AvgIpc) is 2.40. The van der Waals surface area contributed by atoms with Gasteiger partial charge in [0.15, 0.2) is 0 Å². The molecule has 0 amide bonds. The molecule has 2 aromatic rings. The van der Waals surface area contributed by atoms with Crippen LogP contribution in [0.5, 0.6) is 5.75 Å². The van der Waals surface area contributed by atoms with Crippen molar-refractivity contribution >= 4 is 27.3 Å². The van der Waals surface area contributed by atoms with Gasteiger partial charge in [-0.25, -0.2) is 0 Å². The first-order valence-corrected chi connectivity index (χ1v) is 6.54. The third kappa shape index (κ3) is 3.27. The Kier molecular flexibility index (Phi) is 4.08. The summed E-state index contributed by atoms with van der Waals surface area (Å²) in [5, 5.41) is 12.4. The van der Waals surface area contributed by atoms with Crippen LogP contribution < -0.4 is 10.1 Å². The van der Waals surface area contributed by atoms with Gasteiger partial charge < -0.3 is 10.1 Å². The number of nitrogens with one attached hydrogen (secondary N) is 1. The van der Waals surface area contributed by atoms with Crippen LogP contribution in [0.25, 0.3) is 0 Å². The zero-order chi connectivity index (χ0) is 13.8. The lowest BCUT2D eigenvalue weighted by atomic mass is 10.1. The van der Waals surface area contributed by atoms with Crippen molar-refractivity contribution in [2.24, 2.45) is 0 Å². The van der Waals surface area contributed by atoms with Gasteiger partial charge in [0.25, 0.3) is 0 Å². The Hall–Kier alpha value is -1.99. The molecule has 2 aromatic carbocycles. The van der Waals surface area contributed by atoms with E-state index in [1.807, 2.05) is 43.3 Å². The predicted octanol–water partition coefficient (Wildman–Crippen LogP) is 4.38. The van der Waals surface area contributed by atoms with Crippen LogP contribution in [0.15, 0.2) is 40.9 Å². The number of hydrogen-bond acceptors (Lipinski definition) is 3. The Balaban J connectivity index is 2.36. The summed E-state index contributed by atoms with van der Waals surface area (Å²) in [6.45, 7) is 1.97. The van der Waals surface area contributed by atoms with Crippen molar-refractivity contribution in [1.29, 1.82) is 5.26 Å². The number of methoxy groups -OCH3 is 1. The van der Waals surface area contributed by atoms with Gasteiger partial charge in [-0.1, -0.05) is 22.0 Å². The standard InChI is InChI=1S/C15H13BrN2O/c1-10-3-4-15(11(5-10)9-17)18-13-6-12(16)7-14(8-13)19-2/h3-8,18H,1-2H3. The van der Waals surface area contributed by atoms with Gasteiger partial charge in [-0.3, -0.25) is 0 Å². The number of anilines is 2. The molecule has 0 unspecified atom stereocenters. The van der Waals surface area contributed by atoms with E-state index in [0.29, 0.717) is 5.56 Å². The molecular formula is C15H13BrN2O. The van der Waals surface area contributed by atoms with E-state index in [-0.39, 0.29) is 0 Å². The maximum absolute atomic E-state index is 9.15. The van der Waals surface area contributed by atoms with Crippen LogP contribution in [0.2, 0.25) is 0 Å². The van der Waals surface area contributed by atoms with E-state index in [9.17, 15) is 0 Å². The molecule has 0 aromatic heterocycles. The summed E-state index contributed by atoms with van der Waals surface area (Å²) in [4.78, 5) is 0. The van der Waals surface area contributed by atoms with E-state index >= 15 is 0 Å². The molecule has 0 heterocycles. The maximum atomic E-state index is 9.15. The maximum Gasteiger partial charge on any atom is 0.122 e. The first-order chi connectivity index (χ1) is 9.12. The average molecular weight is 317 g/mol. The third-order valence-electron chi connectivity index (χ3n) is 2.68. The highest BCUT2D eigenvalue weighted by Gasteiger charge is 2.05. The van der Waals surface area contributed by atoms with Gasteiger partial charge in [-0.15, -0.1) is 0 Å². The van der Waals surface area contributed by atoms with Crippen LogP contribution in [0, 0.1) is 18.3 Å². The summed E-state index contributed by atoms with van der Waals surface area (Å²) in [7, 11) is 1.62. The fourth-order valence-corrected chi connectivity index (χ4v) is 2.24. The van der Waals surface area contributed by atoms with Gasteiger partial charge in [0.2, 0.25) is 0 Å². The molecule has 0 fully saturated rings. The topological polar surface area (TPSA) is 45.0 Å².